The number of hydrogen-bond donors (Lipinski definition) is 1. The molecule has 1 heterocycles. The molecule has 0 bridgehead atoms. The van der Waals surface area contributed by atoms with E-state index >= 15 is 0 Å². The highest BCUT2D eigenvalue weighted by molar-refractivity contribution is 5.83. The first-order chi connectivity index (χ1) is 9.30. The zero-order valence-electron chi connectivity index (χ0n) is 11.2. The van der Waals surface area contributed by atoms with Crippen molar-refractivity contribution in [3.63, 3.8) is 0 Å². The van der Waals surface area contributed by atoms with Crippen LogP contribution in [-0.2, 0) is 4.79 Å². The van der Waals surface area contributed by atoms with E-state index in [9.17, 15) is 18.0 Å². The quantitative estimate of drug-likeness (QED) is 0.925. The van der Waals surface area contributed by atoms with E-state index in [2.05, 4.69) is 0 Å². The summed E-state index contributed by atoms with van der Waals surface area (Å²) in [5.74, 6) is -4.05. The Labute approximate surface area is 115 Å². The fourth-order valence-corrected chi connectivity index (χ4v) is 2.32. The number of carbonyl (C=O) groups excluding carboxylic acids is 1. The van der Waals surface area contributed by atoms with E-state index in [4.69, 9.17) is 5.73 Å². The Bertz CT molecular complexity index is 490. The maximum absolute atomic E-state index is 13.1. The number of halogens is 3. The van der Waals surface area contributed by atoms with Crippen LogP contribution in [0.15, 0.2) is 24.3 Å². The van der Waals surface area contributed by atoms with E-state index in [1.165, 1.54) is 12.1 Å². The van der Waals surface area contributed by atoms with Gasteiger partial charge < -0.3 is 10.6 Å². The van der Waals surface area contributed by atoms with Crippen LogP contribution in [0, 0.1) is 5.82 Å². The number of amides is 1. The SMILES string of the molecule is C[C@@H](c1ccc(F)cc1)C(N)C(=O)N1CCC(F)(F)C1. The van der Waals surface area contributed by atoms with Crippen LogP contribution in [0.3, 0.4) is 0 Å². The van der Waals surface area contributed by atoms with Gasteiger partial charge in [-0.1, -0.05) is 19.1 Å². The molecule has 20 heavy (non-hydrogen) atoms. The third kappa shape index (κ3) is 3.12. The van der Waals surface area contributed by atoms with E-state index in [0.717, 1.165) is 4.90 Å². The molecular weight excluding hydrogens is 269 g/mol. The molecule has 1 aliphatic rings. The standard InChI is InChI=1S/C14H17F3N2O/c1-9(10-2-4-11(15)5-3-10)12(18)13(20)19-7-6-14(16,17)8-19/h2-5,9,12H,6-8,18H2,1H3/t9-,12?/m0/s1. The van der Waals surface area contributed by atoms with Gasteiger partial charge >= 0.3 is 0 Å². The van der Waals surface area contributed by atoms with Crippen molar-refractivity contribution in [2.24, 2.45) is 5.73 Å². The van der Waals surface area contributed by atoms with Crippen molar-refractivity contribution < 1.29 is 18.0 Å². The average molecular weight is 286 g/mol. The largest absolute Gasteiger partial charge is 0.335 e. The lowest BCUT2D eigenvalue weighted by Gasteiger charge is -2.25. The van der Waals surface area contributed by atoms with Crippen molar-refractivity contribution in [1.82, 2.24) is 4.90 Å². The van der Waals surface area contributed by atoms with Crippen LogP contribution in [0.1, 0.15) is 24.8 Å². The number of nitrogens with two attached hydrogens (primary N) is 1. The second-order valence-electron chi connectivity index (χ2n) is 5.23. The highest BCUT2D eigenvalue weighted by Crippen LogP contribution is 2.28. The van der Waals surface area contributed by atoms with E-state index in [1.54, 1.807) is 19.1 Å². The van der Waals surface area contributed by atoms with Gasteiger partial charge in [0.1, 0.15) is 5.82 Å². The highest BCUT2D eigenvalue weighted by Gasteiger charge is 2.42. The van der Waals surface area contributed by atoms with Crippen molar-refractivity contribution in [2.75, 3.05) is 13.1 Å². The molecule has 0 aromatic heterocycles. The fourth-order valence-electron chi connectivity index (χ4n) is 2.32. The summed E-state index contributed by atoms with van der Waals surface area (Å²) in [7, 11) is 0. The van der Waals surface area contributed by atoms with Crippen LogP contribution in [0.5, 0.6) is 0 Å². The number of likely N-dealkylation sites (tertiary alicyclic amines) is 1. The van der Waals surface area contributed by atoms with E-state index in [0.29, 0.717) is 5.56 Å². The van der Waals surface area contributed by atoms with Gasteiger partial charge in [0.05, 0.1) is 12.6 Å². The van der Waals surface area contributed by atoms with Gasteiger partial charge in [0, 0.05) is 18.9 Å². The van der Waals surface area contributed by atoms with E-state index < -0.39 is 24.4 Å². The van der Waals surface area contributed by atoms with Crippen LogP contribution in [0.2, 0.25) is 0 Å². The van der Waals surface area contributed by atoms with Gasteiger partial charge in [-0.25, -0.2) is 13.2 Å². The second-order valence-corrected chi connectivity index (χ2v) is 5.23. The molecule has 2 atom stereocenters. The molecule has 1 aliphatic heterocycles. The molecule has 1 aromatic rings. The number of carbonyl (C=O) groups is 1. The lowest BCUT2D eigenvalue weighted by atomic mass is 9.93. The normalized spacial score (nSPS) is 20.8. The zero-order valence-corrected chi connectivity index (χ0v) is 11.2. The minimum atomic E-state index is -2.82. The minimum Gasteiger partial charge on any atom is -0.335 e. The Morgan fingerprint density at radius 2 is 1.95 bits per heavy atom. The summed E-state index contributed by atoms with van der Waals surface area (Å²) in [6.45, 7) is 1.18. The molecule has 2 N–H and O–H groups in total. The van der Waals surface area contributed by atoms with E-state index in [1.807, 2.05) is 0 Å². The van der Waals surface area contributed by atoms with Crippen LogP contribution in [0.25, 0.3) is 0 Å². The van der Waals surface area contributed by atoms with Crippen LogP contribution < -0.4 is 5.73 Å². The maximum atomic E-state index is 13.1. The van der Waals surface area contributed by atoms with Crippen molar-refractivity contribution in [3.05, 3.63) is 35.6 Å². The molecule has 1 fully saturated rings. The Kier molecular flexibility index (Phi) is 4.04. The summed E-state index contributed by atoms with van der Waals surface area (Å²) in [4.78, 5) is 13.2. The molecule has 110 valence electrons. The Morgan fingerprint density at radius 3 is 2.45 bits per heavy atom. The van der Waals surface area contributed by atoms with Gasteiger partial charge in [-0.15, -0.1) is 0 Å². The number of alkyl halides is 2. The first-order valence-corrected chi connectivity index (χ1v) is 6.48. The van der Waals surface area contributed by atoms with Gasteiger partial charge in [0.2, 0.25) is 5.91 Å². The molecule has 0 spiro atoms. The summed E-state index contributed by atoms with van der Waals surface area (Å²) in [6.07, 6.45) is -0.323. The number of benzene rings is 1. The lowest BCUT2D eigenvalue weighted by Crippen LogP contribution is -2.46. The molecule has 2 rings (SSSR count). The summed E-state index contributed by atoms with van der Waals surface area (Å²) in [6, 6.07) is 4.76. The second kappa shape index (κ2) is 5.44. The Hall–Kier alpha value is -1.56. The first-order valence-electron chi connectivity index (χ1n) is 6.48. The van der Waals surface area contributed by atoms with Gasteiger partial charge in [-0.2, -0.15) is 0 Å². The number of hydrogen-bond acceptors (Lipinski definition) is 2. The summed E-state index contributed by atoms with van der Waals surface area (Å²) in [5.41, 5.74) is 6.58. The number of nitrogens with zero attached hydrogens (tertiary/aromatic N) is 1. The number of rotatable bonds is 3. The van der Waals surface area contributed by atoms with Crippen LogP contribution in [0.4, 0.5) is 13.2 Å². The average Bonchev–Trinajstić information content (AvgIpc) is 2.77. The molecule has 3 nitrogen and oxygen atoms in total. The van der Waals surface area contributed by atoms with Crippen LogP contribution in [-0.4, -0.2) is 35.9 Å². The van der Waals surface area contributed by atoms with Gasteiger partial charge in [-0.3, -0.25) is 4.79 Å². The molecule has 1 aromatic carbocycles. The van der Waals surface area contributed by atoms with Crippen molar-refractivity contribution in [1.29, 1.82) is 0 Å². The van der Waals surface area contributed by atoms with Gasteiger partial charge in [0.25, 0.3) is 5.92 Å². The maximum Gasteiger partial charge on any atom is 0.267 e. The molecule has 1 amide bonds. The molecule has 1 unspecified atom stereocenters. The predicted molar refractivity (Wildman–Crippen MR) is 68.9 cm³/mol. The Balaban J connectivity index is 2.05. The summed E-state index contributed by atoms with van der Waals surface area (Å²) >= 11 is 0. The molecule has 1 saturated heterocycles. The van der Waals surface area contributed by atoms with E-state index in [-0.39, 0.29) is 24.7 Å². The first kappa shape index (κ1) is 14.8. The molecule has 0 saturated carbocycles. The van der Waals surface area contributed by atoms with Gasteiger partial charge in [0.15, 0.2) is 0 Å². The van der Waals surface area contributed by atoms with Crippen LogP contribution >= 0.6 is 0 Å². The molecule has 0 aliphatic carbocycles. The van der Waals surface area contributed by atoms with Crippen molar-refractivity contribution in [3.8, 4) is 0 Å². The molecule has 0 radical (unpaired) electrons. The van der Waals surface area contributed by atoms with Crippen molar-refractivity contribution in [2.45, 2.75) is 31.2 Å². The minimum absolute atomic E-state index is 0.0235. The zero-order chi connectivity index (χ0) is 14.9. The molecular formula is C14H17F3N2O. The fraction of sp³-hybridized carbons (Fsp3) is 0.500. The third-order valence-corrected chi connectivity index (χ3v) is 3.70. The third-order valence-electron chi connectivity index (χ3n) is 3.70. The smallest absolute Gasteiger partial charge is 0.267 e. The van der Waals surface area contributed by atoms with Gasteiger partial charge in [-0.05, 0) is 17.7 Å². The summed E-state index contributed by atoms with van der Waals surface area (Å²) < 4.78 is 39.1. The monoisotopic (exact) mass is 286 g/mol. The predicted octanol–water partition coefficient (Wildman–Crippen LogP) is 2.12. The summed E-state index contributed by atoms with van der Waals surface area (Å²) in [5, 5.41) is 0. The topological polar surface area (TPSA) is 46.3 Å². The molecule has 6 heteroatoms. The highest BCUT2D eigenvalue weighted by atomic mass is 19.3. The Morgan fingerprint density at radius 1 is 1.35 bits per heavy atom. The lowest BCUT2D eigenvalue weighted by molar-refractivity contribution is -0.133. The van der Waals surface area contributed by atoms with Crippen molar-refractivity contribution >= 4 is 5.91 Å².